The van der Waals surface area contributed by atoms with Crippen molar-refractivity contribution in [1.29, 1.82) is 0 Å². The molecule has 5 N–H and O–H groups in total. The third kappa shape index (κ3) is 5.32. The van der Waals surface area contributed by atoms with Crippen LogP contribution in [0.25, 0.3) is 10.9 Å². The van der Waals surface area contributed by atoms with Gasteiger partial charge in [0.2, 0.25) is 10.0 Å². The molecule has 1 aliphatic heterocycles. The second kappa shape index (κ2) is 8.66. The number of rotatable bonds is 6. The normalized spacial score (nSPS) is 14.9. The summed E-state index contributed by atoms with van der Waals surface area (Å²) in [5.41, 5.74) is 7.37. The summed E-state index contributed by atoms with van der Waals surface area (Å²) in [6.07, 6.45) is 2.37. The zero-order chi connectivity index (χ0) is 24.7. The van der Waals surface area contributed by atoms with E-state index in [2.05, 4.69) is 18.9 Å². The number of piperazine rings is 1. The van der Waals surface area contributed by atoms with Crippen LogP contribution in [-0.4, -0.2) is 74.6 Å². The SMILES string of the molecule is CS(=O)(=O)Nc1ccc2[nH]c(C(=O)N3CCN(c4nccc(OS(=O)(=O)O)c4N)CC3)cc2c1. The van der Waals surface area contributed by atoms with Gasteiger partial charge in [-0.3, -0.25) is 14.1 Å². The van der Waals surface area contributed by atoms with Gasteiger partial charge in [0.05, 0.1) is 6.26 Å². The van der Waals surface area contributed by atoms with Crippen LogP contribution >= 0.6 is 0 Å². The highest BCUT2D eigenvalue weighted by Crippen LogP contribution is 2.31. The number of pyridine rings is 1. The Labute approximate surface area is 195 Å². The highest BCUT2D eigenvalue weighted by molar-refractivity contribution is 7.92. The van der Waals surface area contributed by atoms with Crippen LogP contribution in [0.2, 0.25) is 0 Å². The van der Waals surface area contributed by atoms with Gasteiger partial charge in [-0.15, -0.1) is 0 Å². The van der Waals surface area contributed by atoms with E-state index in [-0.39, 0.29) is 23.2 Å². The van der Waals surface area contributed by atoms with Crippen LogP contribution in [0.3, 0.4) is 0 Å². The fraction of sp³-hybridized carbons (Fsp3) is 0.263. The van der Waals surface area contributed by atoms with Crippen molar-refractivity contribution < 1.29 is 30.4 Å². The Morgan fingerprint density at radius 2 is 1.85 bits per heavy atom. The van der Waals surface area contributed by atoms with Crippen molar-refractivity contribution >= 4 is 54.4 Å². The average molecular weight is 511 g/mol. The molecule has 15 heteroatoms. The molecular formula is C19H22N6O7S2. The smallest absolute Gasteiger partial charge is 0.393 e. The van der Waals surface area contributed by atoms with Crippen molar-refractivity contribution in [2.75, 3.05) is 47.8 Å². The van der Waals surface area contributed by atoms with Crippen LogP contribution in [-0.2, 0) is 20.4 Å². The van der Waals surface area contributed by atoms with E-state index in [1.165, 1.54) is 12.3 Å². The number of anilines is 3. The molecule has 1 aromatic carbocycles. The van der Waals surface area contributed by atoms with Gasteiger partial charge in [-0.2, -0.15) is 8.42 Å². The minimum Gasteiger partial charge on any atom is -0.393 e. The predicted molar refractivity (Wildman–Crippen MR) is 126 cm³/mol. The summed E-state index contributed by atoms with van der Waals surface area (Å²) in [5.74, 6) is -0.184. The molecular weight excluding hydrogens is 488 g/mol. The Hall–Kier alpha value is -3.56. The van der Waals surface area contributed by atoms with Gasteiger partial charge in [0.15, 0.2) is 11.6 Å². The van der Waals surface area contributed by atoms with Crippen LogP contribution in [0.4, 0.5) is 17.2 Å². The monoisotopic (exact) mass is 510 g/mol. The number of nitrogen functional groups attached to an aromatic ring is 1. The first-order chi connectivity index (χ1) is 15.9. The first kappa shape index (κ1) is 23.6. The Balaban J connectivity index is 1.46. The van der Waals surface area contributed by atoms with E-state index >= 15 is 0 Å². The molecule has 0 spiro atoms. The summed E-state index contributed by atoms with van der Waals surface area (Å²) >= 11 is 0. The Kier molecular flexibility index (Phi) is 6.01. The summed E-state index contributed by atoms with van der Waals surface area (Å²) in [5, 5.41) is 0.684. The van der Waals surface area contributed by atoms with Crippen LogP contribution in [0.1, 0.15) is 10.5 Å². The highest BCUT2D eigenvalue weighted by Gasteiger charge is 2.26. The molecule has 4 rings (SSSR count). The number of carbonyl (C=O) groups excluding carboxylic acids is 1. The molecule has 0 aliphatic carbocycles. The molecule has 1 amide bonds. The van der Waals surface area contributed by atoms with Crippen LogP contribution in [0, 0.1) is 0 Å². The molecule has 0 radical (unpaired) electrons. The van der Waals surface area contributed by atoms with Gasteiger partial charge >= 0.3 is 10.4 Å². The molecule has 0 atom stereocenters. The van der Waals surface area contributed by atoms with Gasteiger partial charge < -0.3 is 24.7 Å². The van der Waals surface area contributed by atoms with E-state index in [1.54, 1.807) is 34.1 Å². The van der Waals surface area contributed by atoms with Crippen molar-refractivity contribution in [3.8, 4) is 5.75 Å². The summed E-state index contributed by atoms with van der Waals surface area (Å²) < 4.78 is 60.7. The fourth-order valence-corrected chi connectivity index (χ4v) is 4.63. The summed E-state index contributed by atoms with van der Waals surface area (Å²) in [6, 6.07) is 7.81. The fourth-order valence-electron chi connectivity index (χ4n) is 3.70. The van der Waals surface area contributed by atoms with Gasteiger partial charge in [0.1, 0.15) is 11.4 Å². The number of carbonyl (C=O) groups is 1. The van der Waals surface area contributed by atoms with E-state index in [0.717, 1.165) is 6.26 Å². The van der Waals surface area contributed by atoms with Crippen LogP contribution < -0.4 is 19.5 Å². The lowest BCUT2D eigenvalue weighted by atomic mass is 10.2. The largest absolute Gasteiger partial charge is 0.446 e. The number of aromatic amines is 1. The average Bonchev–Trinajstić information content (AvgIpc) is 3.16. The minimum absolute atomic E-state index is 0.0472. The number of hydrogen-bond acceptors (Lipinski definition) is 9. The maximum absolute atomic E-state index is 13.0. The van der Waals surface area contributed by atoms with Crippen molar-refractivity contribution in [2.45, 2.75) is 0 Å². The van der Waals surface area contributed by atoms with Crippen molar-refractivity contribution in [2.24, 2.45) is 0 Å². The first-order valence-electron chi connectivity index (χ1n) is 9.96. The van der Waals surface area contributed by atoms with E-state index in [9.17, 15) is 21.6 Å². The lowest BCUT2D eigenvalue weighted by Crippen LogP contribution is -2.49. The van der Waals surface area contributed by atoms with Crippen molar-refractivity contribution in [1.82, 2.24) is 14.9 Å². The number of sulfonamides is 1. The highest BCUT2D eigenvalue weighted by atomic mass is 32.3. The maximum Gasteiger partial charge on any atom is 0.446 e. The van der Waals surface area contributed by atoms with Crippen LogP contribution in [0.15, 0.2) is 36.5 Å². The standard InChI is InChI=1S/C19H22N6O7S2/c1-33(27,28)23-13-2-3-14-12(10-13)11-15(22-14)19(26)25-8-6-24(7-9-25)18-17(20)16(4-5-21-18)32-34(29,30)31/h2-5,10-11,22-23H,6-9,20H2,1H3,(H,29,30,31). The zero-order valence-corrected chi connectivity index (χ0v) is 19.6. The number of benzene rings is 1. The van der Waals surface area contributed by atoms with E-state index in [0.29, 0.717) is 48.5 Å². The number of amides is 1. The molecule has 1 aliphatic rings. The molecule has 13 nitrogen and oxygen atoms in total. The molecule has 3 heterocycles. The topological polar surface area (TPSA) is 188 Å². The Morgan fingerprint density at radius 1 is 1.15 bits per heavy atom. The molecule has 182 valence electrons. The third-order valence-electron chi connectivity index (χ3n) is 5.14. The molecule has 1 saturated heterocycles. The molecule has 3 aromatic rings. The summed E-state index contributed by atoms with van der Waals surface area (Å²) in [6.45, 7) is 1.45. The van der Waals surface area contributed by atoms with Gasteiger partial charge in [-0.25, -0.2) is 13.4 Å². The maximum atomic E-state index is 13.0. The number of nitrogens with zero attached hydrogens (tertiary/aromatic N) is 3. The minimum atomic E-state index is -4.74. The van der Waals surface area contributed by atoms with Gasteiger partial charge in [0, 0.05) is 55.0 Å². The quantitative estimate of drug-likeness (QED) is 0.343. The van der Waals surface area contributed by atoms with Gasteiger partial charge in [-0.1, -0.05) is 0 Å². The van der Waals surface area contributed by atoms with E-state index in [4.69, 9.17) is 10.3 Å². The number of nitrogens with one attached hydrogen (secondary N) is 2. The lowest BCUT2D eigenvalue weighted by Gasteiger charge is -2.35. The van der Waals surface area contributed by atoms with Crippen molar-refractivity contribution in [3.63, 3.8) is 0 Å². The number of hydrogen-bond donors (Lipinski definition) is 4. The number of nitrogens with two attached hydrogens (primary N) is 1. The van der Waals surface area contributed by atoms with E-state index in [1.807, 2.05) is 0 Å². The Bertz CT molecular complexity index is 1460. The molecule has 2 aromatic heterocycles. The van der Waals surface area contributed by atoms with Crippen molar-refractivity contribution in [3.05, 3.63) is 42.2 Å². The third-order valence-corrected chi connectivity index (χ3v) is 6.14. The number of aromatic nitrogens is 2. The first-order valence-corrected chi connectivity index (χ1v) is 13.2. The number of H-pyrrole nitrogens is 1. The second-order valence-electron chi connectivity index (χ2n) is 7.70. The van der Waals surface area contributed by atoms with Gasteiger partial charge in [0.25, 0.3) is 5.91 Å². The predicted octanol–water partition coefficient (Wildman–Crippen LogP) is 0.661. The molecule has 0 bridgehead atoms. The Morgan fingerprint density at radius 3 is 2.50 bits per heavy atom. The molecule has 1 fully saturated rings. The lowest BCUT2D eigenvalue weighted by molar-refractivity contribution is 0.0741. The van der Waals surface area contributed by atoms with Gasteiger partial charge in [-0.05, 0) is 24.3 Å². The molecule has 34 heavy (non-hydrogen) atoms. The molecule has 0 saturated carbocycles. The summed E-state index contributed by atoms with van der Waals surface area (Å²) in [7, 11) is -8.16. The number of fused-ring (bicyclic) bond motifs is 1. The van der Waals surface area contributed by atoms with Crippen LogP contribution in [0.5, 0.6) is 5.75 Å². The van der Waals surface area contributed by atoms with E-state index < -0.39 is 20.4 Å². The molecule has 0 unspecified atom stereocenters. The second-order valence-corrected chi connectivity index (χ2v) is 10.5. The zero-order valence-electron chi connectivity index (χ0n) is 17.9. The summed E-state index contributed by atoms with van der Waals surface area (Å²) in [4.78, 5) is 23.7.